The molecule has 2 N–H and O–H groups in total. The molecule has 0 bridgehead atoms. The standard InChI is InChI=1S/C20H27N3O2/c1-3-23(18-7-5-4-6-8-18)19-11-9-17(10-12-19)15-22-20(24)16-21-13-14-25-2/h4-12,21H,3,13-16H2,1-2H3,(H,22,24). The van der Waals surface area contributed by atoms with E-state index in [4.69, 9.17) is 4.74 Å². The first-order valence-corrected chi connectivity index (χ1v) is 8.62. The highest BCUT2D eigenvalue weighted by atomic mass is 16.5. The van der Waals surface area contributed by atoms with Crippen molar-refractivity contribution in [3.8, 4) is 0 Å². The van der Waals surface area contributed by atoms with E-state index in [2.05, 4.69) is 58.9 Å². The fraction of sp³-hybridized carbons (Fsp3) is 0.350. The first kappa shape index (κ1) is 19.0. The van der Waals surface area contributed by atoms with Gasteiger partial charge in [-0.05, 0) is 36.8 Å². The Labute approximate surface area is 150 Å². The Hall–Kier alpha value is -2.37. The van der Waals surface area contributed by atoms with E-state index in [-0.39, 0.29) is 5.91 Å². The smallest absolute Gasteiger partial charge is 0.234 e. The number of carbonyl (C=O) groups excluding carboxylic acids is 1. The van der Waals surface area contributed by atoms with Gasteiger partial charge in [-0.3, -0.25) is 4.79 Å². The minimum Gasteiger partial charge on any atom is -0.383 e. The minimum absolute atomic E-state index is 0.0142. The van der Waals surface area contributed by atoms with Crippen LogP contribution in [-0.4, -0.2) is 39.3 Å². The highest BCUT2D eigenvalue weighted by molar-refractivity contribution is 5.78. The van der Waals surface area contributed by atoms with E-state index in [0.29, 0.717) is 26.2 Å². The third-order valence-electron chi connectivity index (χ3n) is 3.89. The van der Waals surface area contributed by atoms with Gasteiger partial charge in [-0.2, -0.15) is 0 Å². The molecule has 0 atom stereocenters. The summed E-state index contributed by atoms with van der Waals surface area (Å²) in [6, 6.07) is 18.6. The van der Waals surface area contributed by atoms with Gasteiger partial charge in [-0.25, -0.2) is 0 Å². The lowest BCUT2D eigenvalue weighted by Crippen LogP contribution is -2.34. The molecule has 25 heavy (non-hydrogen) atoms. The van der Waals surface area contributed by atoms with Gasteiger partial charge in [0.1, 0.15) is 0 Å². The molecule has 0 aromatic heterocycles. The Kier molecular flexibility index (Phi) is 7.95. The van der Waals surface area contributed by atoms with E-state index in [1.165, 1.54) is 5.69 Å². The van der Waals surface area contributed by atoms with Gasteiger partial charge >= 0.3 is 0 Å². The molecule has 0 aliphatic carbocycles. The van der Waals surface area contributed by atoms with E-state index in [9.17, 15) is 4.79 Å². The zero-order chi connectivity index (χ0) is 17.9. The van der Waals surface area contributed by atoms with Crippen molar-refractivity contribution in [2.45, 2.75) is 13.5 Å². The van der Waals surface area contributed by atoms with Crippen molar-refractivity contribution in [1.82, 2.24) is 10.6 Å². The number of ether oxygens (including phenoxy) is 1. The van der Waals surface area contributed by atoms with E-state index >= 15 is 0 Å². The normalized spacial score (nSPS) is 10.5. The number of para-hydroxylation sites is 1. The first-order chi connectivity index (χ1) is 12.2. The van der Waals surface area contributed by atoms with Crippen LogP contribution in [0.15, 0.2) is 54.6 Å². The highest BCUT2D eigenvalue weighted by Crippen LogP contribution is 2.24. The Bertz CT molecular complexity index is 629. The van der Waals surface area contributed by atoms with Crippen LogP contribution in [0.2, 0.25) is 0 Å². The van der Waals surface area contributed by atoms with Crippen LogP contribution in [0.5, 0.6) is 0 Å². The summed E-state index contributed by atoms with van der Waals surface area (Å²) in [4.78, 5) is 14.0. The third-order valence-corrected chi connectivity index (χ3v) is 3.89. The molecule has 0 aliphatic rings. The van der Waals surface area contributed by atoms with E-state index in [0.717, 1.165) is 17.8 Å². The average molecular weight is 341 g/mol. The molecule has 1 amide bonds. The number of nitrogens with zero attached hydrogens (tertiary/aromatic N) is 1. The molecular formula is C20H27N3O2. The number of amides is 1. The van der Waals surface area contributed by atoms with E-state index in [1.807, 2.05) is 18.2 Å². The largest absolute Gasteiger partial charge is 0.383 e. The van der Waals surface area contributed by atoms with Crippen LogP contribution in [0.1, 0.15) is 12.5 Å². The zero-order valence-electron chi connectivity index (χ0n) is 15.0. The van der Waals surface area contributed by atoms with Gasteiger partial charge in [0.25, 0.3) is 0 Å². The molecule has 0 saturated heterocycles. The predicted molar refractivity (Wildman–Crippen MR) is 102 cm³/mol. The van der Waals surface area contributed by atoms with Gasteiger partial charge in [0.05, 0.1) is 13.2 Å². The molecule has 5 nitrogen and oxygen atoms in total. The number of hydrogen-bond donors (Lipinski definition) is 2. The Morgan fingerprint density at radius 1 is 1.04 bits per heavy atom. The fourth-order valence-corrected chi connectivity index (χ4v) is 2.56. The lowest BCUT2D eigenvalue weighted by molar-refractivity contribution is -0.120. The van der Waals surface area contributed by atoms with Crippen molar-refractivity contribution in [2.75, 3.05) is 38.3 Å². The van der Waals surface area contributed by atoms with Crippen LogP contribution in [0, 0.1) is 0 Å². The summed E-state index contributed by atoms with van der Waals surface area (Å²) in [5.74, 6) is -0.0142. The van der Waals surface area contributed by atoms with Gasteiger partial charge in [-0.1, -0.05) is 30.3 Å². The van der Waals surface area contributed by atoms with Gasteiger partial charge in [0, 0.05) is 38.1 Å². The van der Waals surface area contributed by atoms with Crippen molar-refractivity contribution in [1.29, 1.82) is 0 Å². The van der Waals surface area contributed by atoms with Crippen LogP contribution >= 0.6 is 0 Å². The molecule has 134 valence electrons. The second kappa shape index (κ2) is 10.5. The summed E-state index contributed by atoms with van der Waals surface area (Å²) in [6.07, 6.45) is 0. The van der Waals surface area contributed by atoms with Gasteiger partial charge in [0.15, 0.2) is 0 Å². The van der Waals surface area contributed by atoms with Crippen LogP contribution in [0.25, 0.3) is 0 Å². The summed E-state index contributed by atoms with van der Waals surface area (Å²) < 4.78 is 4.93. The number of hydrogen-bond acceptors (Lipinski definition) is 4. The molecule has 2 aromatic rings. The maximum absolute atomic E-state index is 11.8. The van der Waals surface area contributed by atoms with Crippen molar-refractivity contribution in [3.05, 3.63) is 60.2 Å². The summed E-state index contributed by atoms with van der Waals surface area (Å²) in [6.45, 7) is 5.14. The average Bonchev–Trinajstić information content (AvgIpc) is 2.66. The lowest BCUT2D eigenvalue weighted by atomic mass is 10.1. The summed E-state index contributed by atoms with van der Waals surface area (Å²) >= 11 is 0. The quantitative estimate of drug-likeness (QED) is 0.653. The number of anilines is 2. The Morgan fingerprint density at radius 3 is 2.36 bits per heavy atom. The van der Waals surface area contributed by atoms with Crippen LogP contribution in [-0.2, 0) is 16.1 Å². The molecule has 0 fully saturated rings. The topological polar surface area (TPSA) is 53.6 Å². The summed E-state index contributed by atoms with van der Waals surface area (Å²) in [5, 5.41) is 5.94. The van der Waals surface area contributed by atoms with Crippen LogP contribution in [0.4, 0.5) is 11.4 Å². The number of methoxy groups -OCH3 is 1. The minimum atomic E-state index is -0.0142. The molecular weight excluding hydrogens is 314 g/mol. The van der Waals surface area contributed by atoms with Crippen molar-refractivity contribution >= 4 is 17.3 Å². The SMILES string of the molecule is CCN(c1ccccc1)c1ccc(CNC(=O)CNCCOC)cc1. The fourth-order valence-electron chi connectivity index (χ4n) is 2.56. The van der Waals surface area contributed by atoms with Crippen LogP contribution < -0.4 is 15.5 Å². The molecule has 0 saturated carbocycles. The zero-order valence-corrected chi connectivity index (χ0v) is 15.0. The summed E-state index contributed by atoms with van der Waals surface area (Å²) in [5.41, 5.74) is 3.40. The third kappa shape index (κ3) is 6.21. The van der Waals surface area contributed by atoms with Gasteiger partial charge in [0.2, 0.25) is 5.91 Å². The van der Waals surface area contributed by atoms with Crippen molar-refractivity contribution in [3.63, 3.8) is 0 Å². The lowest BCUT2D eigenvalue weighted by Gasteiger charge is -2.23. The second-order valence-corrected chi connectivity index (χ2v) is 5.69. The molecule has 0 heterocycles. The maximum Gasteiger partial charge on any atom is 0.234 e. The van der Waals surface area contributed by atoms with Gasteiger partial charge < -0.3 is 20.3 Å². The highest BCUT2D eigenvalue weighted by Gasteiger charge is 2.07. The monoisotopic (exact) mass is 341 g/mol. The first-order valence-electron chi connectivity index (χ1n) is 8.62. The number of rotatable bonds is 10. The molecule has 2 rings (SSSR count). The van der Waals surface area contributed by atoms with Gasteiger partial charge in [-0.15, -0.1) is 0 Å². The Morgan fingerprint density at radius 2 is 1.72 bits per heavy atom. The Balaban J connectivity index is 1.86. The van der Waals surface area contributed by atoms with E-state index in [1.54, 1.807) is 7.11 Å². The van der Waals surface area contributed by atoms with Crippen molar-refractivity contribution < 1.29 is 9.53 Å². The molecule has 2 aromatic carbocycles. The molecule has 5 heteroatoms. The molecule has 0 aliphatic heterocycles. The van der Waals surface area contributed by atoms with E-state index < -0.39 is 0 Å². The molecule has 0 radical (unpaired) electrons. The summed E-state index contributed by atoms with van der Waals surface area (Å²) in [7, 11) is 1.64. The number of benzene rings is 2. The molecule has 0 spiro atoms. The van der Waals surface area contributed by atoms with Crippen molar-refractivity contribution in [2.24, 2.45) is 0 Å². The van der Waals surface area contributed by atoms with Crippen LogP contribution in [0.3, 0.4) is 0 Å². The molecule has 0 unspecified atom stereocenters. The number of nitrogens with one attached hydrogen (secondary N) is 2. The number of carbonyl (C=O) groups is 1. The predicted octanol–water partition coefficient (Wildman–Crippen LogP) is 2.70. The second-order valence-electron chi connectivity index (χ2n) is 5.69. The maximum atomic E-state index is 11.8.